The lowest BCUT2D eigenvalue weighted by Crippen LogP contribution is -2.49. The number of hydrogen-bond donors (Lipinski definition) is 1. The van der Waals surface area contributed by atoms with Crippen molar-refractivity contribution >= 4 is 17.2 Å². The lowest BCUT2D eigenvalue weighted by atomic mass is 10.0. The summed E-state index contributed by atoms with van der Waals surface area (Å²) >= 11 is 1.63. The van der Waals surface area contributed by atoms with Gasteiger partial charge in [-0.2, -0.15) is 11.3 Å². The van der Waals surface area contributed by atoms with Crippen LogP contribution in [0.5, 0.6) is 5.75 Å². The number of thiophene rings is 1. The number of piperazine rings is 1. The molecule has 0 spiro atoms. The fourth-order valence-electron chi connectivity index (χ4n) is 2.80. The molecule has 0 aliphatic carbocycles. The van der Waals surface area contributed by atoms with Crippen LogP contribution in [0.25, 0.3) is 0 Å². The van der Waals surface area contributed by atoms with Gasteiger partial charge in [0.05, 0.1) is 19.6 Å². The summed E-state index contributed by atoms with van der Waals surface area (Å²) in [6, 6.07) is 10.1. The van der Waals surface area contributed by atoms with Crippen LogP contribution in [0.4, 0.5) is 0 Å². The predicted octanol–water partition coefficient (Wildman–Crippen LogP) is 2.47. The quantitative estimate of drug-likeness (QED) is 0.942. The average molecular weight is 316 g/mol. The molecule has 1 atom stereocenters. The first kappa shape index (κ1) is 15.1. The van der Waals surface area contributed by atoms with Gasteiger partial charge in [0.25, 0.3) is 0 Å². The molecule has 2 aromatic rings. The van der Waals surface area contributed by atoms with Crippen molar-refractivity contribution in [2.75, 3.05) is 26.7 Å². The van der Waals surface area contributed by atoms with Crippen molar-refractivity contribution in [1.29, 1.82) is 0 Å². The SMILES string of the molecule is COc1ccc(C2CNCCN2C(=O)Cc2ccsc2)cc1. The summed E-state index contributed by atoms with van der Waals surface area (Å²) in [5, 5.41) is 7.44. The molecular formula is C17H20N2O2S. The number of carbonyl (C=O) groups excluding carboxylic acids is 1. The lowest BCUT2D eigenvalue weighted by Gasteiger charge is -2.36. The van der Waals surface area contributed by atoms with E-state index in [2.05, 4.69) is 5.32 Å². The Bertz CT molecular complexity index is 610. The molecule has 1 saturated heterocycles. The van der Waals surface area contributed by atoms with Crippen molar-refractivity contribution in [3.05, 3.63) is 52.2 Å². The van der Waals surface area contributed by atoms with Crippen molar-refractivity contribution in [3.8, 4) is 5.75 Å². The molecule has 116 valence electrons. The monoisotopic (exact) mass is 316 g/mol. The number of nitrogens with one attached hydrogen (secondary N) is 1. The van der Waals surface area contributed by atoms with Crippen molar-refractivity contribution in [3.63, 3.8) is 0 Å². The van der Waals surface area contributed by atoms with E-state index in [0.29, 0.717) is 6.42 Å². The predicted molar refractivity (Wildman–Crippen MR) is 88.3 cm³/mol. The second kappa shape index (κ2) is 6.94. The van der Waals surface area contributed by atoms with Gasteiger partial charge in [-0.15, -0.1) is 0 Å². The van der Waals surface area contributed by atoms with E-state index in [4.69, 9.17) is 4.74 Å². The van der Waals surface area contributed by atoms with Gasteiger partial charge in [0.2, 0.25) is 5.91 Å². The van der Waals surface area contributed by atoms with E-state index in [1.165, 1.54) is 0 Å². The zero-order valence-corrected chi connectivity index (χ0v) is 13.4. The number of benzene rings is 1. The minimum Gasteiger partial charge on any atom is -0.497 e. The summed E-state index contributed by atoms with van der Waals surface area (Å²) in [7, 11) is 1.66. The van der Waals surface area contributed by atoms with Crippen LogP contribution in [0.15, 0.2) is 41.1 Å². The number of carbonyl (C=O) groups is 1. The van der Waals surface area contributed by atoms with E-state index >= 15 is 0 Å². The average Bonchev–Trinajstić information content (AvgIpc) is 3.08. The Balaban J connectivity index is 1.76. The summed E-state index contributed by atoms with van der Waals surface area (Å²) in [5.74, 6) is 1.03. The minimum atomic E-state index is 0.0887. The van der Waals surface area contributed by atoms with Gasteiger partial charge in [-0.1, -0.05) is 12.1 Å². The van der Waals surface area contributed by atoms with Crippen molar-refractivity contribution in [2.45, 2.75) is 12.5 Å². The molecule has 0 saturated carbocycles. The fraction of sp³-hybridized carbons (Fsp3) is 0.353. The van der Waals surface area contributed by atoms with E-state index in [9.17, 15) is 4.79 Å². The van der Waals surface area contributed by atoms with Gasteiger partial charge in [0.15, 0.2) is 0 Å². The number of hydrogen-bond acceptors (Lipinski definition) is 4. The zero-order chi connectivity index (χ0) is 15.4. The fourth-order valence-corrected chi connectivity index (χ4v) is 3.46. The number of rotatable bonds is 4. The highest BCUT2D eigenvalue weighted by Gasteiger charge is 2.27. The third kappa shape index (κ3) is 3.31. The molecule has 1 amide bonds. The molecule has 2 heterocycles. The summed E-state index contributed by atoms with van der Waals surface area (Å²) in [6.45, 7) is 2.39. The number of methoxy groups -OCH3 is 1. The first-order valence-corrected chi connectivity index (χ1v) is 8.37. The molecule has 1 aromatic carbocycles. The number of nitrogens with zero attached hydrogens (tertiary/aromatic N) is 1. The highest BCUT2D eigenvalue weighted by molar-refractivity contribution is 7.07. The molecule has 1 aromatic heterocycles. The highest BCUT2D eigenvalue weighted by Crippen LogP contribution is 2.25. The second-order valence-electron chi connectivity index (χ2n) is 5.39. The first-order chi connectivity index (χ1) is 10.8. The Morgan fingerprint density at radius 2 is 2.18 bits per heavy atom. The molecule has 1 fully saturated rings. The standard InChI is InChI=1S/C17H20N2O2S/c1-21-15-4-2-14(3-5-15)16-11-18-7-8-19(16)17(20)10-13-6-9-22-12-13/h2-6,9,12,16,18H,7-8,10-11H2,1H3. The molecule has 1 aliphatic rings. The Hall–Kier alpha value is -1.85. The van der Waals surface area contributed by atoms with Crippen LogP contribution < -0.4 is 10.1 Å². The minimum absolute atomic E-state index is 0.0887. The highest BCUT2D eigenvalue weighted by atomic mass is 32.1. The second-order valence-corrected chi connectivity index (χ2v) is 6.17. The van der Waals surface area contributed by atoms with Gasteiger partial charge in [0.1, 0.15) is 5.75 Å². The molecule has 0 radical (unpaired) electrons. The number of ether oxygens (including phenoxy) is 1. The van der Waals surface area contributed by atoms with Gasteiger partial charge in [0, 0.05) is 19.6 Å². The van der Waals surface area contributed by atoms with E-state index in [1.807, 2.05) is 46.0 Å². The van der Waals surface area contributed by atoms with Crippen molar-refractivity contribution in [1.82, 2.24) is 10.2 Å². The molecule has 3 rings (SSSR count). The summed E-state index contributed by atoms with van der Waals surface area (Å²) in [4.78, 5) is 14.6. The van der Waals surface area contributed by atoms with Gasteiger partial charge in [-0.05, 0) is 40.1 Å². The summed E-state index contributed by atoms with van der Waals surface area (Å²) in [5.41, 5.74) is 2.24. The van der Waals surface area contributed by atoms with E-state index in [0.717, 1.165) is 36.5 Å². The van der Waals surface area contributed by atoms with Crippen molar-refractivity contribution < 1.29 is 9.53 Å². The lowest BCUT2D eigenvalue weighted by molar-refractivity contribution is -0.133. The van der Waals surface area contributed by atoms with Crippen LogP contribution >= 0.6 is 11.3 Å². The van der Waals surface area contributed by atoms with Crippen LogP contribution in [-0.4, -0.2) is 37.6 Å². The summed E-state index contributed by atoms with van der Waals surface area (Å²) in [6.07, 6.45) is 0.482. The van der Waals surface area contributed by atoms with E-state index in [-0.39, 0.29) is 11.9 Å². The first-order valence-electron chi connectivity index (χ1n) is 7.43. The molecule has 4 nitrogen and oxygen atoms in total. The van der Waals surface area contributed by atoms with Gasteiger partial charge in [-0.25, -0.2) is 0 Å². The van der Waals surface area contributed by atoms with Crippen LogP contribution in [0, 0.1) is 0 Å². The van der Waals surface area contributed by atoms with Crippen LogP contribution in [-0.2, 0) is 11.2 Å². The van der Waals surface area contributed by atoms with Crippen molar-refractivity contribution in [2.24, 2.45) is 0 Å². The number of amides is 1. The topological polar surface area (TPSA) is 41.6 Å². The van der Waals surface area contributed by atoms with Crippen LogP contribution in [0.1, 0.15) is 17.2 Å². The Morgan fingerprint density at radius 1 is 1.36 bits per heavy atom. The maximum atomic E-state index is 12.7. The summed E-state index contributed by atoms with van der Waals surface area (Å²) < 4.78 is 5.21. The Kier molecular flexibility index (Phi) is 4.75. The molecule has 5 heteroatoms. The molecule has 22 heavy (non-hydrogen) atoms. The van der Waals surface area contributed by atoms with E-state index < -0.39 is 0 Å². The third-order valence-corrected chi connectivity index (χ3v) is 4.73. The Morgan fingerprint density at radius 3 is 2.86 bits per heavy atom. The molecule has 0 bridgehead atoms. The molecule has 1 N–H and O–H groups in total. The maximum Gasteiger partial charge on any atom is 0.227 e. The maximum absolute atomic E-state index is 12.7. The Labute approximate surface area is 134 Å². The largest absolute Gasteiger partial charge is 0.497 e. The van der Waals surface area contributed by atoms with Gasteiger partial charge >= 0.3 is 0 Å². The van der Waals surface area contributed by atoms with Crippen LogP contribution in [0.2, 0.25) is 0 Å². The van der Waals surface area contributed by atoms with Gasteiger partial charge in [-0.3, -0.25) is 4.79 Å². The van der Waals surface area contributed by atoms with E-state index in [1.54, 1.807) is 18.4 Å². The molecular weight excluding hydrogens is 296 g/mol. The van der Waals surface area contributed by atoms with Gasteiger partial charge < -0.3 is 15.0 Å². The normalized spacial score (nSPS) is 18.2. The smallest absolute Gasteiger partial charge is 0.227 e. The van der Waals surface area contributed by atoms with Crippen LogP contribution in [0.3, 0.4) is 0 Å². The molecule has 1 aliphatic heterocycles. The third-order valence-electron chi connectivity index (χ3n) is 4.00. The zero-order valence-electron chi connectivity index (χ0n) is 12.6. The molecule has 1 unspecified atom stereocenters.